The van der Waals surface area contributed by atoms with Crippen LogP contribution in [0.4, 0.5) is 27.3 Å². The third kappa shape index (κ3) is 6.41. The van der Waals surface area contributed by atoms with E-state index >= 15 is 0 Å². The van der Waals surface area contributed by atoms with Crippen molar-refractivity contribution >= 4 is 34.4 Å². The van der Waals surface area contributed by atoms with Gasteiger partial charge in [0.2, 0.25) is 0 Å². The fourth-order valence-electron chi connectivity index (χ4n) is 4.47. The highest BCUT2D eigenvalue weighted by molar-refractivity contribution is 6.03. The predicted molar refractivity (Wildman–Crippen MR) is 146 cm³/mol. The van der Waals surface area contributed by atoms with Crippen molar-refractivity contribution in [2.45, 2.75) is 44.2 Å². The Hall–Kier alpha value is -4.29. The summed E-state index contributed by atoms with van der Waals surface area (Å²) in [7, 11) is 0. The third-order valence-corrected chi connectivity index (χ3v) is 6.55. The molecule has 0 aliphatic heterocycles. The number of aromatic nitrogens is 4. The Balaban J connectivity index is 1.44. The lowest BCUT2D eigenvalue weighted by Gasteiger charge is -2.27. The fraction of sp³-hybridized carbons (Fsp3) is 0.333. The Morgan fingerprint density at radius 1 is 1.13 bits per heavy atom. The Kier molecular flexibility index (Phi) is 8.13. The number of carbonyl (C=O) groups excluding carboxylic acids is 1. The Morgan fingerprint density at radius 2 is 1.92 bits per heavy atom. The lowest BCUT2D eigenvalue weighted by Crippen LogP contribution is -2.33. The molecule has 0 bridgehead atoms. The summed E-state index contributed by atoms with van der Waals surface area (Å²) in [5.41, 5.74) is 8.06. The molecule has 3 aromatic heterocycles. The summed E-state index contributed by atoms with van der Waals surface area (Å²) in [5, 5.41) is 23.0. The van der Waals surface area contributed by atoms with E-state index in [2.05, 4.69) is 31.0 Å². The maximum Gasteiger partial charge on any atom is 0.276 e. The van der Waals surface area contributed by atoms with Crippen LogP contribution in [-0.2, 0) is 0 Å². The molecule has 11 nitrogen and oxygen atoms in total. The number of aliphatic hydroxyl groups is 1. The largest absolute Gasteiger partial charge is 0.494 e. The quantitative estimate of drug-likeness (QED) is 0.192. The maximum absolute atomic E-state index is 14.1. The zero-order valence-corrected chi connectivity index (χ0v) is 21.3. The highest BCUT2D eigenvalue weighted by atomic mass is 19.1. The van der Waals surface area contributed by atoms with E-state index in [4.69, 9.17) is 15.6 Å². The van der Waals surface area contributed by atoms with E-state index in [1.807, 2.05) is 30.3 Å². The molecule has 39 heavy (non-hydrogen) atoms. The summed E-state index contributed by atoms with van der Waals surface area (Å²) in [6.45, 7) is 0.501. The second kappa shape index (κ2) is 12.0. The molecule has 0 atom stereocenters. The third-order valence-electron chi connectivity index (χ3n) is 6.55. The fourth-order valence-corrected chi connectivity index (χ4v) is 4.47. The van der Waals surface area contributed by atoms with E-state index in [9.17, 15) is 9.18 Å². The first-order valence-electron chi connectivity index (χ1n) is 12.9. The molecule has 204 valence electrons. The van der Waals surface area contributed by atoms with Gasteiger partial charge in [0, 0.05) is 43.1 Å². The van der Waals surface area contributed by atoms with E-state index in [0.29, 0.717) is 35.9 Å². The molecule has 6 N–H and O–H groups in total. The van der Waals surface area contributed by atoms with Crippen LogP contribution in [0.2, 0.25) is 0 Å². The van der Waals surface area contributed by atoms with Crippen molar-refractivity contribution in [2.24, 2.45) is 5.73 Å². The van der Waals surface area contributed by atoms with Crippen LogP contribution in [0.3, 0.4) is 0 Å². The van der Waals surface area contributed by atoms with Crippen molar-refractivity contribution in [3.8, 4) is 5.75 Å². The van der Waals surface area contributed by atoms with E-state index in [1.54, 1.807) is 0 Å². The topological polar surface area (TPSA) is 152 Å². The van der Waals surface area contributed by atoms with Gasteiger partial charge in [-0.15, -0.1) is 5.10 Å². The number of aliphatic hydroxyl groups excluding tert-OH is 1. The number of anilines is 4. The first-order chi connectivity index (χ1) is 19.0. The molecule has 1 saturated carbocycles. The molecule has 1 fully saturated rings. The number of hydrogen-bond donors (Lipinski definition) is 5. The Morgan fingerprint density at radius 3 is 2.67 bits per heavy atom. The molecule has 12 heteroatoms. The van der Waals surface area contributed by atoms with E-state index in [-0.39, 0.29) is 30.1 Å². The Labute approximate surface area is 224 Å². The van der Waals surface area contributed by atoms with Gasteiger partial charge >= 0.3 is 0 Å². The van der Waals surface area contributed by atoms with Gasteiger partial charge in [-0.05, 0) is 56.0 Å². The van der Waals surface area contributed by atoms with Crippen LogP contribution in [0, 0.1) is 5.82 Å². The number of fused-ring (bicyclic) bond motifs is 1. The molecular weight excluding hydrogens is 503 g/mol. The monoisotopic (exact) mass is 534 g/mol. The average Bonchev–Trinajstić information content (AvgIpc) is 3.37. The lowest BCUT2D eigenvalue weighted by atomic mass is 9.92. The van der Waals surface area contributed by atoms with Gasteiger partial charge in [0.25, 0.3) is 5.91 Å². The van der Waals surface area contributed by atoms with Gasteiger partial charge in [0.15, 0.2) is 17.2 Å². The Bertz CT molecular complexity index is 1420. The molecule has 1 amide bonds. The number of ether oxygens (including phenoxy) is 1. The van der Waals surface area contributed by atoms with Crippen LogP contribution in [-0.4, -0.2) is 55.9 Å². The molecule has 5 rings (SSSR count). The van der Waals surface area contributed by atoms with Crippen LogP contribution >= 0.6 is 0 Å². The number of rotatable bonds is 10. The van der Waals surface area contributed by atoms with Crippen molar-refractivity contribution in [2.75, 3.05) is 29.2 Å². The summed E-state index contributed by atoms with van der Waals surface area (Å²) in [4.78, 5) is 21.3. The molecule has 1 aliphatic carbocycles. The first kappa shape index (κ1) is 26.3. The molecule has 0 unspecified atom stereocenters. The van der Waals surface area contributed by atoms with Crippen LogP contribution in [0.5, 0.6) is 5.75 Å². The number of nitrogens with zero attached hydrogens (tertiary/aromatic N) is 4. The normalized spacial score (nSPS) is 17.1. The second-order valence-corrected chi connectivity index (χ2v) is 9.46. The summed E-state index contributed by atoms with van der Waals surface area (Å²) in [6.07, 6.45) is 8.08. The van der Waals surface area contributed by atoms with E-state index < -0.39 is 11.7 Å². The SMILES string of the molecule is NC1CCC(Nc2cc(Nc3ccc(OCCCO)cc3)c3ncc(C(=O)Nc4ccncc4F)n3n2)CC1. The highest BCUT2D eigenvalue weighted by Crippen LogP contribution is 2.28. The molecule has 1 aromatic carbocycles. The summed E-state index contributed by atoms with van der Waals surface area (Å²) in [6, 6.07) is 11.0. The minimum Gasteiger partial charge on any atom is -0.494 e. The van der Waals surface area contributed by atoms with Crippen LogP contribution in [0.15, 0.2) is 55.0 Å². The molecule has 0 radical (unpaired) electrons. The number of nitrogens with two attached hydrogens (primary N) is 1. The molecule has 1 aliphatic rings. The first-order valence-corrected chi connectivity index (χ1v) is 12.9. The summed E-state index contributed by atoms with van der Waals surface area (Å²) >= 11 is 0. The lowest BCUT2D eigenvalue weighted by molar-refractivity contribution is 0.102. The summed E-state index contributed by atoms with van der Waals surface area (Å²) in [5.74, 6) is 0.0549. The number of halogens is 1. The minimum absolute atomic E-state index is 0.0115. The van der Waals surface area contributed by atoms with Crippen LogP contribution in [0.25, 0.3) is 5.65 Å². The van der Waals surface area contributed by atoms with Gasteiger partial charge in [0.05, 0.1) is 30.4 Å². The average molecular weight is 535 g/mol. The molecule has 3 heterocycles. The number of imidazole rings is 1. The van der Waals surface area contributed by atoms with Crippen molar-refractivity contribution < 1.29 is 19.0 Å². The highest BCUT2D eigenvalue weighted by Gasteiger charge is 2.22. The molecule has 0 spiro atoms. The number of carbonyl (C=O) groups is 1. The van der Waals surface area contributed by atoms with E-state index in [0.717, 1.165) is 37.6 Å². The van der Waals surface area contributed by atoms with E-state index in [1.165, 1.54) is 23.0 Å². The van der Waals surface area contributed by atoms with Crippen molar-refractivity contribution in [1.82, 2.24) is 19.6 Å². The van der Waals surface area contributed by atoms with Crippen molar-refractivity contribution in [1.29, 1.82) is 0 Å². The molecule has 4 aromatic rings. The van der Waals surface area contributed by atoms with Gasteiger partial charge in [-0.3, -0.25) is 9.78 Å². The van der Waals surface area contributed by atoms with Crippen LogP contribution in [0.1, 0.15) is 42.6 Å². The van der Waals surface area contributed by atoms with Gasteiger partial charge in [-0.25, -0.2) is 13.9 Å². The number of hydrogen-bond acceptors (Lipinski definition) is 9. The smallest absolute Gasteiger partial charge is 0.276 e. The predicted octanol–water partition coefficient (Wildman–Crippen LogP) is 3.70. The second-order valence-electron chi connectivity index (χ2n) is 9.46. The standard InChI is InChI=1S/C27H31FN8O3/c28-21-15-30-11-10-22(21)34-27(38)24-16-31-26-23(32-18-6-8-20(9-7-18)39-13-1-12-37)14-25(35-36(24)26)33-19-4-2-17(29)3-5-19/h6-11,14-17,19,32,37H,1-5,12-13,29H2,(H,33,35)(H,30,34,38). The van der Waals surface area contributed by atoms with Gasteiger partial charge in [0.1, 0.15) is 11.6 Å². The number of benzene rings is 1. The minimum atomic E-state index is -0.642. The zero-order valence-electron chi connectivity index (χ0n) is 21.3. The zero-order chi connectivity index (χ0) is 27.2. The van der Waals surface area contributed by atoms with Gasteiger partial charge in [-0.1, -0.05) is 0 Å². The number of nitrogens with one attached hydrogen (secondary N) is 3. The van der Waals surface area contributed by atoms with Crippen molar-refractivity contribution in [3.63, 3.8) is 0 Å². The summed E-state index contributed by atoms with van der Waals surface area (Å²) < 4.78 is 21.2. The van der Waals surface area contributed by atoms with Gasteiger partial charge < -0.3 is 31.5 Å². The number of pyridine rings is 1. The van der Waals surface area contributed by atoms with Crippen LogP contribution < -0.4 is 26.4 Å². The molecular formula is C27H31FN8O3. The molecule has 0 saturated heterocycles. The maximum atomic E-state index is 14.1. The number of amides is 1. The van der Waals surface area contributed by atoms with Crippen molar-refractivity contribution in [3.05, 3.63) is 66.5 Å². The van der Waals surface area contributed by atoms with Gasteiger partial charge in [-0.2, -0.15) is 0 Å².